The second-order valence-electron chi connectivity index (χ2n) is 5.58. The molecule has 1 aliphatic heterocycles. The maximum absolute atomic E-state index is 12.2. The Morgan fingerprint density at radius 3 is 2.83 bits per heavy atom. The first-order valence-corrected chi connectivity index (χ1v) is 6.91. The predicted octanol–water partition coefficient (Wildman–Crippen LogP) is -0.0972. The number of amides is 1. The van der Waals surface area contributed by atoms with E-state index in [1.165, 1.54) is 12.8 Å². The summed E-state index contributed by atoms with van der Waals surface area (Å²) in [6, 6.07) is 0.368. The molecule has 2 rings (SSSR count). The van der Waals surface area contributed by atoms with Crippen molar-refractivity contribution in [2.24, 2.45) is 11.7 Å². The summed E-state index contributed by atoms with van der Waals surface area (Å²) in [5.74, 6) is 0.906. The van der Waals surface area contributed by atoms with Gasteiger partial charge in [-0.05, 0) is 32.7 Å². The van der Waals surface area contributed by atoms with Crippen LogP contribution in [0.4, 0.5) is 0 Å². The molecule has 1 heterocycles. The largest absolute Gasteiger partial charge is 0.375 e. The minimum Gasteiger partial charge on any atom is -0.375 e. The molecular weight excluding hydrogens is 230 g/mol. The van der Waals surface area contributed by atoms with Gasteiger partial charge in [0.25, 0.3) is 0 Å². The van der Waals surface area contributed by atoms with Crippen LogP contribution in [-0.4, -0.2) is 67.7 Å². The van der Waals surface area contributed by atoms with E-state index < -0.39 is 0 Å². The molecule has 0 radical (unpaired) electrons. The van der Waals surface area contributed by atoms with Crippen LogP contribution in [0.2, 0.25) is 0 Å². The molecule has 5 nitrogen and oxygen atoms in total. The van der Waals surface area contributed by atoms with E-state index in [9.17, 15) is 4.79 Å². The number of likely N-dealkylation sites (N-methyl/N-ethyl adjacent to an activating group) is 1. The molecule has 0 aromatic carbocycles. The van der Waals surface area contributed by atoms with E-state index in [4.69, 9.17) is 10.5 Å². The van der Waals surface area contributed by atoms with E-state index in [1.807, 2.05) is 18.9 Å². The molecule has 1 amide bonds. The van der Waals surface area contributed by atoms with E-state index in [2.05, 4.69) is 4.90 Å². The minimum atomic E-state index is 0.154. The number of hydrogen-bond acceptors (Lipinski definition) is 4. The summed E-state index contributed by atoms with van der Waals surface area (Å²) < 4.78 is 5.45. The lowest BCUT2D eigenvalue weighted by Crippen LogP contribution is -2.50. The van der Waals surface area contributed by atoms with Crippen molar-refractivity contribution in [3.8, 4) is 0 Å². The van der Waals surface area contributed by atoms with Crippen LogP contribution in [-0.2, 0) is 9.53 Å². The zero-order chi connectivity index (χ0) is 13.1. The highest BCUT2D eigenvalue weighted by molar-refractivity contribution is 5.78. The lowest BCUT2D eigenvalue weighted by atomic mass is 10.1. The summed E-state index contributed by atoms with van der Waals surface area (Å²) in [7, 11) is 2.01. The number of nitrogens with zero attached hydrogens (tertiary/aromatic N) is 2. The monoisotopic (exact) mass is 255 g/mol. The number of ether oxygens (including phenoxy) is 1. The summed E-state index contributed by atoms with van der Waals surface area (Å²) >= 11 is 0. The Hall–Kier alpha value is -0.650. The van der Waals surface area contributed by atoms with Gasteiger partial charge in [0.1, 0.15) is 0 Å². The summed E-state index contributed by atoms with van der Waals surface area (Å²) in [4.78, 5) is 16.2. The number of rotatable bonds is 5. The molecule has 1 aliphatic carbocycles. The van der Waals surface area contributed by atoms with Crippen LogP contribution < -0.4 is 5.73 Å². The van der Waals surface area contributed by atoms with Crippen LogP contribution >= 0.6 is 0 Å². The third-order valence-corrected chi connectivity index (χ3v) is 3.95. The average Bonchev–Trinajstić information content (AvgIpc) is 3.14. The molecule has 5 heteroatoms. The molecule has 0 spiro atoms. The summed E-state index contributed by atoms with van der Waals surface area (Å²) in [6.45, 7) is 5.21. The van der Waals surface area contributed by atoms with Crippen molar-refractivity contribution < 1.29 is 9.53 Å². The van der Waals surface area contributed by atoms with Gasteiger partial charge in [0, 0.05) is 25.7 Å². The van der Waals surface area contributed by atoms with Gasteiger partial charge in [0.05, 0.1) is 19.3 Å². The molecule has 0 bridgehead atoms. The van der Waals surface area contributed by atoms with Crippen LogP contribution in [0.5, 0.6) is 0 Å². The summed E-state index contributed by atoms with van der Waals surface area (Å²) in [5, 5.41) is 0. The zero-order valence-electron chi connectivity index (χ0n) is 11.5. The van der Waals surface area contributed by atoms with Gasteiger partial charge >= 0.3 is 0 Å². The lowest BCUT2D eigenvalue weighted by Gasteiger charge is -2.34. The Morgan fingerprint density at radius 2 is 2.28 bits per heavy atom. The second-order valence-corrected chi connectivity index (χ2v) is 5.58. The normalized spacial score (nSPS) is 26.4. The van der Waals surface area contributed by atoms with Crippen molar-refractivity contribution in [2.75, 3.05) is 39.8 Å². The van der Waals surface area contributed by atoms with Gasteiger partial charge in [-0.1, -0.05) is 0 Å². The van der Waals surface area contributed by atoms with Crippen LogP contribution in [0.1, 0.15) is 19.8 Å². The third-order valence-electron chi connectivity index (χ3n) is 3.95. The van der Waals surface area contributed by atoms with Crippen molar-refractivity contribution in [2.45, 2.75) is 31.9 Å². The Morgan fingerprint density at radius 1 is 1.56 bits per heavy atom. The quantitative estimate of drug-likeness (QED) is 0.745. The number of morpholine rings is 1. The number of nitrogens with two attached hydrogens (primary N) is 1. The van der Waals surface area contributed by atoms with E-state index in [0.717, 1.165) is 0 Å². The van der Waals surface area contributed by atoms with Crippen molar-refractivity contribution in [1.29, 1.82) is 0 Å². The first kappa shape index (κ1) is 13.8. The Bertz CT molecular complexity index is 294. The van der Waals surface area contributed by atoms with Gasteiger partial charge in [-0.2, -0.15) is 0 Å². The van der Waals surface area contributed by atoms with Gasteiger partial charge < -0.3 is 15.4 Å². The third kappa shape index (κ3) is 3.43. The van der Waals surface area contributed by atoms with Crippen LogP contribution in [0, 0.1) is 5.92 Å². The van der Waals surface area contributed by atoms with Crippen molar-refractivity contribution in [3.63, 3.8) is 0 Å². The fourth-order valence-electron chi connectivity index (χ4n) is 2.69. The Balaban J connectivity index is 1.82. The zero-order valence-corrected chi connectivity index (χ0v) is 11.5. The average molecular weight is 255 g/mol. The highest BCUT2D eigenvalue weighted by atomic mass is 16.5. The molecule has 1 saturated heterocycles. The molecule has 2 aliphatic rings. The van der Waals surface area contributed by atoms with Gasteiger partial charge in [0.2, 0.25) is 5.91 Å². The van der Waals surface area contributed by atoms with E-state index >= 15 is 0 Å². The molecule has 2 fully saturated rings. The predicted molar refractivity (Wildman–Crippen MR) is 70.2 cm³/mol. The van der Waals surface area contributed by atoms with Crippen LogP contribution in [0.25, 0.3) is 0 Å². The lowest BCUT2D eigenvalue weighted by molar-refractivity contribution is -0.139. The van der Waals surface area contributed by atoms with Gasteiger partial charge in [0.15, 0.2) is 0 Å². The number of hydrogen-bond donors (Lipinski definition) is 1. The first-order valence-electron chi connectivity index (χ1n) is 6.91. The van der Waals surface area contributed by atoms with Crippen molar-refractivity contribution >= 4 is 5.91 Å². The highest BCUT2D eigenvalue weighted by Gasteiger charge is 2.34. The maximum atomic E-state index is 12.2. The SMILES string of the molecule is CC1CN(C(=O)CN(C)C(CN)C2CC2)CCO1. The molecular formula is C13H25N3O2. The van der Waals surface area contributed by atoms with Crippen molar-refractivity contribution in [3.05, 3.63) is 0 Å². The Kier molecular flexibility index (Phi) is 4.59. The highest BCUT2D eigenvalue weighted by Crippen LogP contribution is 2.34. The second kappa shape index (κ2) is 5.99. The number of carbonyl (C=O) groups is 1. The van der Waals surface area contributed by atoms with E-state index in [-0.39, 0.29) is 12.0 Å². The minimum absolute atomic E-state index is 0.154. The van der Waals surface area contributed by atoms with Gasteiger partial charge in [-0.25, -0.2) is 0 Å². The summed E-state index contributed by atoms with van der Waals surface area (Å²) in [6.07, 6.45) is 2.67. The van der Waals surface area contributed by atoms with Gasteiger partial charge in [-0.3, -0.25) is 9.69 Å². The van der Waals surface area contributed by atoms with Gasteiger partial charge in [-0.15, -0.1) is 0 Å². The van der Waals surface area contributed by atoms with Crippen molar-refractivity contribution in [1.82, 2.24) is 9.80 Å². The molecule has 1 saturated carbocycles. The smallest absolute Gasteiger partial charge is 0.236 e. The molecule has 0 aromatic rings. The fourth-order valence-corrected chi connectivity index (χ4v) is 2.69. The first-order chi connectivity index (χ1) is 8.61. The maximum Gasteiger partial charge on any atom is 0.236 e. The fraction of sp³-hybridized carbons (Fsp3) is 0.923. The Labute approximate surface area is 109 Å². The number of carbonyl (C=O) groups excluding carboxylic acids is 1. The standard InChI is InChI=1S/C13H25N3O2/c1-10-8-16(5-6-18-10)13(17)9-15(2)12(7-14)11-3-4-11/h10-12H,3-9,14H2,1-2H3. The topological polar surface area (TPSA) is 58.8 Å². The molecule has 104 valence electrons. The molecule has 2 unspecified atom stereocenters. The molecule has 2 N–H and O–H groups in total. The molecule has 2 atom stereocenters. The summed E-state index contributed by atoms with van der Waals surface area (Å²) in [5.41, 5.74) is 5.80. The van der Waals surface area contributed by atoms with E-state index in [1.54, 1.807) is 0 Å². The van der Waals surface area contributed by atoms with Crippen LogP contribution in [0.15, 0.2) is 0 Å². The van der Waals surface area contributed by atoms with E-state index in [0.29, 0.717) is 44.7 Å². The molecule has 0 aromatic heterocycles. The molecule has 18 heavy (non-hydrogen) atoms. The van der Waals surface area contributed by atoms with Crippen LogP contribution in [0.3, 0.4) is 0 Å².